The van der Waals surface area contributed by atoms with Gasteiger partial charge in [0.1, 0.15) is 0 Å². The van der Waals surface area contributed by atoms with Gasteiger partial charge in [-0.05, 0) is 6.42 Å². The number of sulfonamides is 1. The van der Waals surface area contributed by atoms with E-state index in [2.05, 4.69) is 12.1 Å². The quantitative estimate of drug-likeness (QED) is 0.536. The SMILES string of the molecule is [CH2]CCS(N)(=O)=O. The molecule has 0 spiro atoms. The third kappa shape index (κ3) is 5.91. The van der Waals surface area contributed by atoms with Gasteiger partial charge in [-0.15, -0.1) is 0 Å². The van der Waals surface area contributed by atoms with Crippen molar-refractivity contribution in [3.63, 3.8) is 0 Å². The normalized spacial score (nSPS) is 11.7. The summed E-state index contributed by atoms with van der Waals surface area (Å²) in [6, 6.07) is 0. The van der Waals surface area contributed by atoms with Crippen LogP contribution in [0.4, 0.5) is 0 Å². The summed E-state index contributed by atoms with van der Waals surface area (Å²) < 4.78 is 19.9. The first-order valence-corrected chi connectivity index (χ1v) is 3.57. The summed E-state index contributed by atoms with van der Waals surface area (Å²) in [5.74, 6) is -0.0208. The number of rotatable bonds is 2. The van der Waals surface area contributed by atoms with Crippen molar-refractivity contribution in [2.24, 2.45) is 5.14 Å². The van der Waals surface area contributed by atoms with Crippen LogP contribution < -0.4 is 5.14 Å². The number of hydrogen-bond donors (Lipinski definition) is 1. The second kappa shape index (κ2) is 2.28. The molecule has 0 aromatic heterocycles. The van der Waals surface area contributed by atoms with Gasteiger partial charge < -0.3 is 0 Å². The van der Waals surface area contributed by atoms with Gasteiger partial charge in [0, 0.05) is 0 Å². The number of nitrogens with two attached hydrogens (primary N) is 1. The molecule has 3 nitrogen and oxygen atoms in total. The molecular weight excluding hydrogens is 114 g/mol. The Bertz CT molecular complexity index is 126. The third-order valence-corrected chi connectivity index (χ3v) is 1.29. The Morgan fingerprint density at radius 3 is 2.00 bits per heavy atom. The minimum atomic E-state index is -3.24. The highest BCUT2D eigenvalue weighted by atomic mass is 32.2. The predicted molar refractivity (Wildman–Crippen MR) is 27.9 cm³/mol. The second-order valence-corrected chi connectivity index (χ2v) is 2.95. The molecule has 0 aromatic carbocycles. The van der Waals surface area contributed by atoms with E-state index in [9.17, 15) is 8.42 Å². The standard InChI is InChI=1S/C3H8NO2S/c1-2-3-7(4,5)6/h1-3H2,(H2,4,5,6). The van der Waals surface area contributed by atoms with Crippen LogP contribution in [0, 0.1) is 6.92 Å². The minimum Gasteiger partial charge on any atom is -0.229 e. The van der Waals surface area contributed by atoms with Crippen molar-refractivity contribution in [3.8, 4) is 0 Å². The maximum Gasteiger partial charge on any atom is 0.209 e. The van der Waals surface area contributed by atoms with Crippen molar-refractivity contribution in [3.05, 3.63) is 6.92 Å². The van der Waals surface area contributed by atoms with E-state index in [1.807, 2.05) is 0 Å². The van der Waals surface area contributed by atoms with Crippen LogP contribution in [0.5, 0.6) is 0 Å². The fourth-order valence-electron chi connectivity index (χ4n) is 0.201. The van der Waals surface area contributed by atoms with Gasteiger partial charge >= 0.3 is 0 Å². The highest BCUT2D eigenvalue weighted by Gasteiger charge is 1.95. The van der Waals surface area contributed by atoms with E-state index in [0.717, 1.165) is 0 Å². The van der Waals surface area contributed by atoms with Gasteiger partial charge in [-0.25, -0.2) is 13.6 Å². The van der Waals surface area contributed by atoms with Crippen molar-refractivity contribution in [2.75, 3.05) is 5.75 Å². The van der Waals surface area contributed by atoms with E-state index in [0.29, 0.717) is 6.42 Å². The van der Waals surface area contributed by atoms with Crippen molar-refractivity contribution in [1.29, 1.82) is 0 Å². The average molecular weight is 122 g/mol. The molecule has 0 aliphatic heterocycles. The Labute approximate surface area is 43.6 Å². The summed E-state index contributed by atoms with van der Waals surface area (Å²) in [5, 5.41) is 4.58. The lowest BCUT2D eigenvalue weighted by atomic mass is 10.6. The minimum absolute atomic E-state index is 0.0208. The molecule has 0 bridgehead atoms. The molecule has 0 aromatic rings. The molecule has 0 heterocycles. The summed E-state index contributed by atoms with van der Waals surface area (Å²) in [5.41, 5.74) is 0. The maximum absolute atomic E-state index is 9.97. The van der Waals surface area contributed by atoms with Gasteiger partial charge in [0.05, 0.1) is 5.75 Å². The molecule has 2 N–H and O–H groups in total. The van der Waals surface area contributed by atoms with Crippen molar-refractivity contribution >= 4 is 10.0 Å². The largest absolute Gasteiger partial charge is 0.229 e. The van der Waals surface area contributed by atoms with Gasteiger partial charge in [0.15, 0.2) is 0 Å². The lowest BCUT2D eigenvalue weighted by molar-refractivity contribution is 0.597. The van der Waals surface area contributed by atoms with Crippen LogP contribution in [0.2, 0.25) is 0 Å². The third-order valence-electron chi connectivity index (χ3n) is 0.429. The van der Waals surface area contributed by atoms with Gasteiger partial charge in [-0.2, -0.15) is 0 Å². The Morgan fingerprint density at radius 2 is 2.00 bits per heavy atom. The van der Waals surface area contributed by atoms with Crippen LogP contribution in [0.15, 0.2) is 0 Å². The van der Waals surface area contributed by atoms with Crippen molar-refractivity contribution in [1.82, 2.24) is 0 Å². The maximum atomic E-state index is 9.97. The molecule has 0 atom stereocenters. The highest BCUT2D eigenvalue weighted by Crippen LogP contribution is 1.79. The van der Waals surface area contributed by atoms with Crippen molar-refractivity contribution in [2.45, 2.75) is 6.42 Å². The summed E-state index contributed by atoms with van der Waals surface area (Å²) >= 11 is 0. The van der Waals surface area contributed by atoms with E-state index in [-0.39, 0.29) is 5.75 Å². The predicted octanol–water partition coefficient (Wildman–Crippen LogP) is -0.501. The molecule has 0 saturated heterocycles. The molecule has 7 heavy (non-hydrogen) atoms. The Kier molecular flexibility index (Phi) is 2.25. The lowest BCUT2D eigenvalue weighted by Gasteiger charge is -1.87. The fourth-order valence-corrected chi connectivity index (χ4v) is 0.604. The fraction of sp³-hybridized carbons (Fsp3) is 0.667. The first-order chi connectivity index (χ1) is 3.06. The van der Waals surface area contributed by atoms with E-state index in [4.69, 9.17) is 0 Å². The molecule has 4 heteroatoms. The zero-order valence-electron chi connectivity index (χ0n) is 3.92. The molecule has 0 fully saturated rings. The van der Waals surface area contributed by atoms with Gasteiger partial charge in [0.2, 0.25) is 10.0 Å². The molecule has 0 rings (SSSR count). The van der Waals surface area contributed by atoms with Gasteiger partial charge in [-0.1, -0.05) is 6.92 Å². The first-order valence-electron chi connectivity index (χ1n) is 1.86. The molecule has 0 unspecified atom stereocenters. The van der Waals surface area contributed by atoms with Crippen LogP contribution >= 0.6 is 0 Å². The summed E-state index contributed by atoms with van der Waals surface area (Å²) in [6.07, 6.45) is 0.346. The van der Waals surface area contributed by atoms with E-state index in [1.165, 1.54) is 0 Å². The molecule has 1 radical (unpaired) electrons. The molecular formula is C3H8NO2S. The molecule has 0 aliphatic rings. The monoisotopic (exact) mass is 122 g/mol. The number of primary sulfonamides is 1. The first kappa shape index (κ1) is 6.91. The van der Waals surface area contributed by atoms with Gasteiger partial charge in [0.25, 0.3) is 0 Å². The Hall–Kier alpha value is -0.0900. The molecule has 0 aliphatic carbocycles. The van der Waals surface area contributed by atoms with Crippen LogP contribution in [0.25, 0.3) is 0 Å². The Balaban J connectivity index is 3.60. The molecule has 0 amide bonds. The molecule has 0 saturated carbocycles. The summed E-state index contributed by atoms with van der Waals surface area (Å²) in [7, 11) is -3.24. The van der Waals surface area contributed by atoms with E-state index in [1.54, 1.807) is 0 Å². The zero-order chi connectivity index (χ0) is 5.91. The summed E-state index contributed by atoms with van der Waals surface area (Å²) in [6.45, 7) is 3.31. The van der Waals surface area contributed by atoms with Gasteiger partial charge in [-0.3, -0.25) is 0 Å². The van der Waals surface area contributed by atoms with Crippen molar-refractivity contribution < 1.29 is 8.42 Å². The topological polar surface area (TPSA) is 60.2 Å². The van der Waals surface area contributed by atoms with E-state index < -0.39 is 10.0 Å². The van der Waals surface area contributed by atoms with Crippen LogP contribution in [0.1, 0.15) is 6.42 Å². The zero-order valence-corrected chi connectivity index (χ0v) is 4.74. The Morgan fingerprint density at radius 1 is 1.57 bits per heavy atom. The second-order valence-electron chi connectivity index (χ2n) is 1.22. The number of hydrogen-bond acceptors (Lipinski definition) is 2. The van der Waals surface area contributed by atoms with E-state index >= 15 is 0 Å². The van der Waals surface area contributed by atoms with Crippen LogP contribution in [-0.4, -0.2) is 14.2 Å². The highest BCUT2D eigenvalue weighted by molar-refractivity contribution is 7.89. The smallest absolute Gasteiger partial charge is 0.209 e. The van der Waals surface area contributed by atoms with Crippen LogP contribution in [0.3, 0.4) is 0 Å². The lowest BCUT2D eigenvalue weighted by Crippen LogP contribution is -2.15. The average Bonchev–Trinajstić information content (AvgIpc) is 1.30. The molecule has 43 valence electrons. The summed E-state index contributed by atoms with van der Waals surface area (Å²) in [4.78, 5) is 0. The van der Waals surface area contributed by atoms with Crippen LogP contribution in [-0.2, 0) is 10.0 Å².